The molecule has 1 amide bonds. The van der Waals surface area contributed by atoms with Gasteiger partial charge >= 0.3 is 0 Å². The standard InChI is InChI=1S/C19H21NO2/c1-18(2)13-19(17(21)20-18,14-7-5-4-6-8-14)15-9-11-16(22-3)12-10-15/h4-12H,13H2,1-3H3,(H,20,21). The molecule has 0 saturated carbocycles. The van der Waals surface area contributed by atoms with Gasteiger partial charge in [-0.1, -0.05) is 42.5 Å². The number of rotatable bonds is 3. The van der Waals surface area contributed by atoms with E-state index in [4.69, 9.17) is 4.74 Å². The highest BCUT2D eigenvalue weighted by atomic mass is 16.5. The number of amides is 1. The molecular weight excluding hydrogens is 274 g/mol. The molecule has 0 bridgehead atoms. The van der Waals surface area contributed by atoms with Gasteiger partial charge < -0.3 is 10.1 Å². The smallest absolute Gasteiger partial charge is 0.235 e. The predicted octanol–water partition coefficient (Wildman–Crippen LogP) is 3.28. The molecule has 1 fully saturated rings. The molecule has 3 nitrogen and oxygen atoms in total. The highest BCUT2D eigenvalue weighted by molar-refractivity contribution is 5.95. The summed E-state index contributed by atoms with van der Waals surface area (Å²) in [7, 11) is 1.65. The van der Waals surface area contributed by atoms with Crippen molar-refractivity contribution in [3.8, 4) is 5.75 Å². The van der Waals surface area contributed by atoms with Crippen molar-refractivity contribution >= 4 is 5.91 Å². The van der Waals surface area contributed by atoms with Crippen LogP contribution in [0, 0.1) is 0 Å². The highest BCUT2D eigenvalue weighted by Crippen LogP contribution is 2.44. The fourth-order valence-corrected chi connectivity index (χ4v) is 3.43. The quantitative estimate of drug-likeness (QED) is 0.943. The molecule has 1 aliphatic heterocycles. The van der Waals surface area contributed by atoms with Gasteiger partial charge in [0.25, 0.3) is 0 Å². The predicted molar refractivity (Wildman–Crippen MR) is 87.1 cm³/mol. The molecule has 3 heteroatoms. The molecule has 0 aromatic heterocycles. The van der Waals surface area contributed by atoms with Gasteiger partial charge in [-0.05, 0) is 43.5 Å². The SMILES string of the molecule is COc1ccc(C2(c3ccccc3)CC(C)(C)NC2=O)cc1. The van der Waals surface area contributed by atoms with Crippen LogP contribution in [0.1, 0.15) is 31.4 Å². The number of ether oxygens (including phenoxy) is 1. The largest absolute Gasteiger partial charge is 0.497 e. The maximum atomic E-state index is 12.9. The number of hydrogen-bond acceptors (Lipinski definition) is 2. The lowest BCUT2D eigenvalue weighted by atomic mass is 9.70. The van der Waals surface area contributed by atoms with Crippen molar-refractivity contribution in [1.29, 1.82) is 0 Å². The second kappa shape index (κ2) is 5.16. The monoisotopic (exact) mass is 295 g/mol. The van der Waals surface area contributed by atoms with Crippen molar-refractivity contribution in [2.75, 3.05) is 7.11 Å². The molecular formula is C19H21NO2. The van der Waals surface area contributed by atoms with E-state index in [0.29, 0.717) is 0 Å². The molecule has 3 rings (SSSR count). The summed E-state index contributed by atoms with van der Waals surface area (Å²) >= 11 is 0. The van der Waals surface area contributed by atoms with Crippen LogP contribution >= 0.6 is 0 Å². The summed E-state index contributed by atoms with van der Waals surface area (Å²) in [6, 6.07) is 17.8. The summed E-state index contributed by atoms with van der Waals surface area (Å²) in [5.74, 6) is 0.860. The van der Waals surface area contributed by atoms with Gasteiger partial charge in [0, 0.05) is 5.54 Å². The molecule has 0 spiro atoms. The topological polar surface area (TPSA) is 38.3 Å². The summed E-state index contributed by atoms with van der Waals surface area (Å²) < 4.78 is 5.24. The third-order valence-corrected chi connectivity index (χ3v) is 4.40. The lowest BCUT2D eigenvalue weighted by Crippen LogP contribution is -2.38. The van der Waals surface area contributed by atoms with Crippen molar-refractivity contribution in [3.05, 3.63) is 65.7 Å². The Kier molecular flexibility index (Phi) is 3.44. The molecule has 1 atom stereocenters. The first-order valence-electron chi connectivity index (χ1n) is 7.51. The number of nitrogens with one attached hydrogen (secondary N) is 1. The number of carbonyl (C=O) groups excluding carboxylic acids is 1. The van der Waals surface area contributed by atoms with Gasteiger partial charge in [0.2, 0.25) is 5.91 Å². The Bertz CT molecular complexity index is 676. The molecule has 1 heterocycles. The van der Waals surface area contributed by atoms with Crippen LogP contribution in [0.4, 0.5) is 0 Å². The maximum Gasteiger partial charge on any atom is 0.235 e. The van der Waals surface area contributed by atoms with Crippen LogP contribution in [0.15, 0.2) is 54.6 Å². The number of methoxy groups -OCH3 is 1. The Labute approximate surface area is 131 Å². The van der Waals surface area contributed by atoms with Gasteiger partial charge in [-0.25, -0.2) is 0 Å². The first-order chi connectivity index (χ1) is 10.5. The highest BCUT2D eigenvalue weighted by Gasteiger charge is 2.52. The van der Waals surface area contributed by atoms with Crippen LogP contribution < -0.4 is 10.1 Å². The van der Waals surface area contributed by atoms with E-state index in [1.807, 2.05) is 54.6 Å². The third kappa shape index (κ3) is 2.27. The summed E-state index contributed by atoms with van der Waals surface area (Å²) in [6.45, 7) is 4.14. The van der Waals surface area contributed by atoms with Gasteiger partial charge in [-0.2, -0.15) is 0 Å². The van der Waals surface area contributed by atoms with E-state index < -0.39 is 5.41 Å². The maximum absolute atomic E-state index is 12.9. The van der Waals surface area contributed by atoms with Crippen LogP contribution in [0.3, 0.4) is 0 Å². The Hall–Kier alpha value is -2.29. The van der Waals surface area contributed by atoms with Gasteiger partial charge in [-0.15, -0.1) is 0 Å². The molecule has 0 radical (unpaired) electrons. The van der Waals surface area contributed by atoms with Gasteiger partial charge in [0.05, 0.1) is 7.11 Å². The Balaban J connectivity index is 2.17. The first-order valence-corrected chi connectivity index (χ1v) is 7.51. The van der Waals surface area contributed by atoms with E-state index in [1.165, 1.54) is 0 Å². The Morgan fingerprint density at radius 3 is 2.05 bits per heavy atom. The molecule has 1 unspecified atom stereocenters. The molecule has 114 valence electrons. The van der Waals surface area contributed by atoms with E-state index in [0.717, 1.165) is 23.3 Å². The summed E-state index contributed by atoms with van der Waals surface area (Å²) in [5, 5.41) is 3.14. The zero-order chi connectivity index (χ0) is 15.8. The molecule has 2 aromatic rings. The minimum absolute atomic E-state index is 0.0638. The van der Waals surface area contributed by atoms with Crippen molar-refractivity contribution in [2.24, 2.45) is 0 Å². The van der Waals surface area contributed by atoms with Crippen LogP contribution in [0.2, 0.25) is 0 Å². The van der Waals surface area contributed by atoms with E-state index in [-0.39, 0.29) is 11.4 Å². The molecule has 0 aliphatic carbocycles. The fraction of sp³-hybridized carbons (Fsp3) is 0.316. The number of benzene rings is 2. The summed E-state index contributed by atoms with van der Waals surface area (Å²) in [6.07, 6.45) is 0.731. The minimum atomic E-state index is -0.642. The lowest BCUT2D eigenvalue weighted by Gasteiger charge is -2.29. The van der Waals surface area contributed by atoms with E-state index >= 15 is 0 Å². The first kappa shape index (κ1) is 14.6. The lowest BCUT2D eigenvalue weighted by molar-refractivity contribution is -0.123. The molecule has 1 aliphatic rings. The molecule has 22 heavy (non-hydrogen) atoms. The summed E-state index contributed by atoms with van der Waals surface area (Å²) in [5.41, 5.74) is 1.16. The zero-order valence-corrected chi connectivity index (χ0v) is 13.2. The van der Waals surface area contributed by atoms with E-state index in [2.05, 4.69) is 19.2 Å². The Morgan fingerprint density at radius 1 is 0.955 bits per heavy atom. The normalized spacial score (nSPS) is 23.1. The van der Waals surface area contributed by atoms with Crippen molar-refractivity contribution in [1.82, 2.24) is 5.32 Å². The number of hydrogen-bond donors (Lipinski definition) is 1. The third-order valence-electron chi connectivity index (χ3n) is 4.40. The average molecular weight is 295 g/mol. The van der Waals surface area contributed by atoms with Crippen LogP contribution in [0.25, 0.3) is 0 Å². The van der Waals surface area contributed by atoms with Gasteiger partial charge in [0.1, 0.15) is 11.2 Å². The number of carbonyl (C=O) groups is 1. The van der Waals surface area contributed by atoms with Crippen LogP contribution in [0.5, 0.6) is 5.75 Å². The second-order valence-corrected chi connectivity index (χ2v) is 6.51. The molecule has 1 N–H and O–H groups in total. The van der Waals surface area contributed by atoms with E-state index in [9.17, 15) is 4.79 Å². The van der Waals surface area contributed by atoms with Crippen LogP contribution in [-0.4, -0.2) is 18.6 Å². The summed E-state index contributed by atoms with van der Waals surface area (Å²) in [4.78, 5) is 12.9. The van der Waals surface area contributed by atoms with Crippen LogP contribution in [-0.2, 0) is 10.2 Å². The second-order valence-electron chi connectivity index (χ2n) is 6.51. The zero-order valence-electron chi connectivity index (χ0n) is 13.2. The Morgan fingerprint density at radius 2 is 1.55 bits per heavy atom. The van der Waals surface area contributed by atoms with Gasteiger partial charge in [0.15, 0.2) is 0 Å². The average Bonchev–Trinajstić information content (AvgIpc) is 2.78. The molecule has 1 saturated heterocycles. The minimum Gasteiger partial charge on any atom is -0.497 e. The van der Waals surface area contributed by atoms with Crippen molar-refractivity contribution in [2.45, 2.75) is 31.2 Å². The van der Waals surface area contributed by atoms with Crippen molar-refractivity contribution in [3.63, 3.8) is 0 Å². The molecule has 2 aromatic carbocycles. The van der Waals surface area contributed by atoms with Gasteiger partial charge in [-0.3, -0.25) is 4.79 Å². The fourth-order valence-electron chi connectivity index (χ4n) is 3.43. The van der Waals surface area contributed by atoms with E-state index in [1.54, 1.807) is 7.11 Å². The van der Waals surface area contributed by atoms with Crippen molar-refractivity contribution < 1.29 is 9.53 Å².